The summed E-state index contributed by atoms with van der Waals surface area (Å²) in [6.45, 7) is 0. The average Bonchev–Trinajstić information content (AvgIpc) is 3.25. The van der Waals surface area contributed by atoms with E-state index < -0.39 is 5.97 Å². The Morgan fingerprint density at radius 1 is 0.459 bits per heavy atom. The van der Waals surface area contributed by atoms with Crippen LogP contribution < -0.4 is 14.2 Å². The van der Waals surface area contributed by atoms with Crippen molar-refractivity contribution in [3.8, 4) is 23.0 Å². The average molecular weight is 837 g/mol. The fourth-order valence-electron chi connectivity index (χ4n) is 5.88. The zero-order valence-corrected chi connectivity index (χ0v) is 33.8. The summed E-state index contributed by atoms with van der Waals surface area (Å²) in [5.41, 5.74) is 1.77. The van der Waals surface area contributed by atoms with Crippen molar-refractivity contribution in [2.45, 2.75) is 89.9 Å². The molecule has 0 fully saturated rings. The Morgan fingerprint density at radius 3 is 1.30 bits per heavy atom. The largest absolute Gasteiger partial charge is 0.508 e. The first kappa shape index (κ1) is 46.9. The minimum Gasteiger partial charge on any atom is -0.508 e. The Hall–Kier alpha value is -6.76. The zero-order chi connectivity index (χ0) is 43.7. The normalized spacial score (nSPS) is 10.5. The summed E-state index contributed by atoms with van der Waals surface area (Å²) in [4.78, 5) is 53.9. The van der Waals surface area contributed by atoms with E-state index in [2.05, 4.69) is 9.97 Å². The van der Waals surface area contributed by atoms with Crippen LogP contribution in [0.15, 0.2) is 122 Å². The van der Waals surface area contributed by atoms with Gasteiger partial charge < -0.3 is 24.4 Å². The van der Waals surface area contributed by atoms with Gasteiger partial charge in [-0.3, -0.25) is 29.1 Å². The number of fused-ring (bicyclic) bond motifs is 2. The number of carboxylic acids is 1. The number of aliphatic carboxylic acids is 1. The summed E-state index contributed by atoms with van der Waals surface area (Å²) < 4.78 is 41.0. The van der Waals surface area contributed by atoms with Gasteiger partial charge in [0.25, 0.3) is 0 Å². The highest BCUT2D eigenvalue weighted by Crippen LogP contribution is 2.21. The van der Waals surface area contributed by atoms with Gasteiger partial charge in [0.2, 0.25) is 0 Å². The van der Waals surface area contributed by atoms with Gasteiger partial charge in [-0.05, 0) is 123 Å². The first-order valence-corrected chi connectivity index (χ1v) is 20.3. The molecule has 0 unspecified atom stereocenters. The van der Waals surface area contributed by atoms with Gasteiger partial charge in [0.15, 0.2) is 0 Å². The minimum absolute atomic E-state index is 0.201. The molecule has 4 aromatic carbocycles. The molecule has 0 amide bonds. The molecular weight excluding hydrogens is 787 g/mol. The fourth-order valence-corrected chi connectivity index (χ4v) is 5.88. The zero-order valence-electron chi connectivity index (χ0n) is 33.8. The first-order valence-electron chi connectivity index (χ1n) is 20.3. The van der Waals surface area contributed by atoms with Crippen molar-refractivity contribution in [1.29, 1.82) is 0 Å². The van der Waals surface area contributed by atoms with E-state index in [0.717, 1.165) is 73.2 Å². The number of nitrogens with zero attached hydrogens (tertiary/aromatic N) is 2. The maximum absolute atomic E-state index is 12.8. The number of phenolic OH excluding ortho intramolecular Hbond substituents is 1. The molecule has 11 nitrogen and oxygen atoms in total. The number of benzene rings is 4. The molecule has 0 atom stereocenters. The molecule has 0 saturated heterocycles. The first-order chi connectivity index (χ1) is 29.5. The smallest absolute Gasteiger partial charge is 0.311 e. The Kier molecular flexibility index (Phi) is 20.3. The number of carbonyl (C=O) groups is 4. The third-order valence-corrected chi connectivity index (χ3v) is 9.02. The van der Waals surface area contributed by atoms with Crippen LogP contribution >= 0.6 is 0 Å². The van der Waals surface area contributed by atoms with E-state index in [1.54, 1.807) is 36.7 Å². The molecule has 0 saturated carbocycles. The molecule has 61 heavy (non-hydrogen) atoms. The van der Waals surface area contributed by atoms with E-state index in [9.17, 15) is 28.0 Å². The molecule has 0 bridgehead atoms. The third kappa shape index (κ3) is 19.2. The number of hydrogen-bond acceptors (Lipinski definition) is 10. The highest BCUT2D eigenvalue weighted by molar-refractivity contribution is 5.82. The molecule has 0 aliphatic heterocycles. The number of unbranched alkanes of at least 4 members (excludes halogenated alkanes) is 8. The van der Waals surface area contributed by atoms with Gasteiger partial charge in [-0.2, -0.15) is 0 Å². The number of halogens is 2. The predicted octanol–water partition coefficient (Wildman–Crippen LogP) is 11.1. The second kappa shape index (κ2) is 26.4. The van der Waals surface area contributed by atoms with Crippen molar-refractivity contribution >= 4 is 45.7 Å². The van der Waals surface area contributed by atoms with Crippen LogP contribution in [0.1, 0.15) is 89.9 Å². The standard InChI is InChI=1S/C24H24FNO4.C15H19FO4.C9H7NO/c25-19-10-12-20(13-11-19)29-23(27)8-4-2-1-3-5-9-24(28)30-21-14-15-22-18(17-21)7-6-16-26-22;16-12-8-10-13(11-9-12)20-15(19)7-5-3-1-2-4-6-14(17)18;11-8-3-4-9-7(6-8)2-1-5-10-9/h6-7,10-17H,1-5,8-9H2;8-11H,1-7H2,(H,17,18);1-6,11H. The van der Waals surface area contributed by atoms with Crippen LogP contribution in [0.4, 0.5) is 8.78 Å². The van der Waals surface area contributed by atoms with Crippen LogP contribution in [0.25, 0.3) is 21.8 Å². The number of esters is 3. The Bertz CT molecular complexity index is 2290. The second-order valence-corrected chi connectivity index (χ2v) is 14.0. The van der Waals surface area contributed by atoms with Crippen molar-refractivity contribution in [1.82, 2.24) is 9.97 Å². The Balaban J connectivity index is 0.000000225. The quantitative estimate of drug-likeness (QED) is 0.0453. The van der Waals surface area contributed by atoms with Gasteiger partial charge >= 0.3 is 23.9 Å². The molecule has 0 aliphatic rings. The van der Waals surface area contributed by atoms with Crippen molar-refractivity contribution < 1.29 is 52.4 Å². The molecule has 2 aromatic heterocycles. The summed E-state index contributed by atoms with van der Waals surface area (Å²) in [6, 6.07) is 28.7. The van der Waals surface area contributed by atoms with Gasteiger partial charge in [0.05, 0.1) is 11.0 Å². The molecular formula is C48H50F2N2O9. The van der Waals surface area contributed by atoms with Crippen LogP contribution in [0.5, 0.6) is 23.0 Å². The van der Waals surface area contributed by atoms with E-state index >= 15 is 0 Å². The number of hydrogen-bond donors (Lipinski definition) is 2. The van der Waals surface area contributed by atoms with E-state index in [4.69, 9.17) is 24.4 Å². The lowest BCUT2D eigenvalue weighted by molar-refractivity contribution is -0.137. The van der Waals surface area contributed by atoms with Crippen molar-refractivity contribution in [3.05, 3.63) is 133 Å². The number of carboxylic acid groups (broad SMARTS) is 1. The fraction of sp³-hybridized carbons (Fsp3) is 0.292. The van der Waals surface area contributed by atoms with E-state index in [-0.39, 0.29) is 41.7 Å². The molecule has 0 radical (unpaired) electrons. The SMILES string of the molecule is O=C(CCCCCCCC(=O)Oc1ccc2ncccc2c1)Oc1ccc(F)cc1.O=C(O)CCCCCCCC(=O)Oc1ccc(F)cc1.Oc1ccc2ncccc2c1. The lowest BCUT2D eigenvalue weighted by Gasteiger charge is -2.06. The lowest BCUT2D eigenvalue weighted by Crippen LogP contribution is -2.08. The summed E-state index contributed by atoms with van der Waals surface area (Å²) in [6.07, 6.45) is 12.9. The number of phenols is 1. The molecule has 6 aromatic rings. The minimum atomic E-state index is -0.770. The summed E-state index contributed by atoms with van der Waals surface area (Å²) >= 11 is 0. The van der Waals surface area contributed by atoms with Gasteiger partial charge in [0, 0.05) is 48.8 Å². The van der Waals surface area contributed by atoms with Crippen LogP contribution in [0.3, 0.4) is 0 Å². The molecule has 2 N–H and O–H groups in total. The predicted molar refractivity (Wildman–Crippen MR) is 227 cm³/mol. The molecule has 0 spiro atoms. The number of aromatic hydroxyl groups is 1. The monoisotopic (exact) mass is 836 g/mol. The number of aromatic nitrogens is 2. The van der Waals surface area contributed by atoms with Crippen molar-refractivity contribution in [3.63, 3.8) is 0 Å². The van der Waals surface area contributed by atoms with E-state index in [1.807, 2.05) is 36.4 Å². The van der Waals surface area contributed by atoms with E-state index in [0.29, 0.717) is 49.4 Å². The summed E-state index contributed by atoms with van der Waals surface area (Å²) in [7, 11) is 0. The van der Waals surface area contributed by atoms with Gasteiger partial charge in [-0.15, -0.1) is 0 Å². The summed E-state index contributed by atoms with van der Waals surface area (Å²) in [5, 5.41) is 19.5. The van der Waals surface area contributed by atoms with Crippen molar-refractivity contribution in [2.24, 2.45) is 0 Å². The van der Waals surface area contributed by atoms with Gasteiger partial charge in [-0.25, -0.2) is 8.78 Å². The number of ether oxygens (including phenoxy) is 3. The number of pyridine rings is 2. The van der Waals surface area contributed by atoms with Gasteiger partial charge in [0.1, 0.15) is 34.6 Å². The third-order valence-electron chi connectivity index (χ3n) is 9.02. The van der Waals surface area contributed by atoms with Crippen LogP contribution in [-0.4, -0.2) is 44.1 Å². The topological polar surface area (TPSA) is 162 Å². The second-order valence-electron chi connectivity index (χ2n) is 14.0. The van der Waals surface area contributed by atoms with Crippen LogP contribution in [-0.2, 0) is 19.2 Å². The highest BCUT2D eigenvalue weighted by atomic mass is 19.1. The van der Waals surface area contributed by atoms with Crippen LogP contribution in [0, 0.1) is 11.6 Å². The summed E-state index contributed by atoms with van der Waals surface area (Å²) in [5.74, 6) is -0.905. The van der Waals surface area contributed by atoms with Crippen molar-refractivity contribution in [2.75, 3.05) is 0 Å². The number of rotatable bonds is 19. The Labute approximate surface area is 353 Å². The maximum Gasteiger partial charge on any atom is 0.311 e. The highest BCUT2D eigenvalue weighted by Gasteiger charge is 2.08. The van der Waals surface area contributed by atoms with E-state index in [1.165, 1.54) is 48.5 Å². The Morgan fingerprint density at radius 2 is 0.836 bits per heavy atom. The molecule has 0 aliphatic carbocycles. The maximum atomic E-state index is 12.8. The number of carbonyl (C=O) groups excluding carboxylic acids is 3. The molecule has 320 valence electrons. The molecule has 6 rings (SSSR count). The van der Waals surface area contributed by atoms with Gasteiger partial charge in [-0.1, -0.05) is 50.7 Å². The van der Waals surface area contributed by atoms with Crippen LogP contribution in [0.2, 0.25) is 0 Å². The lowest BCUT2D eigenvalue weighted by atomic mass is 10.1. The molecule has 13 heteroatoms. The molecule has 2 heterocycles.